The van der Waals surface area contributed by atoms with Crippen molar-refractivity contribution < 1.29 is 28.7 Å². The SMILES string of the molecule is CCCN(Cc1ncc(-c2ccc(-c3ccc(-c4cnc(CN(CCS)C(=O)CNC(=O)OC)[nH]4)cc3)cc2)[nH]1)C(=O)CNC(=O)OC. The number of amides is 4. The minimum Gasteiger partial charge on any atom is -0.453 e. The van der Waals surface area contributed by atoms with Gasteiger partial charge in [0.05, 0.1) is 51.1 Å². The van der Waals surface area contributed by atoms with Gasteiger partial charge in [-0.05, 0) is 28.7 Å². The van der Waals surface area contributed by atoms with Gasteiger partial charge >= 0.3 is 12.2 Å². The summed E-state index contributed by atoms with van der Waals surface area (Å²) in [6, 6.07) is 16.2. The van der Waals surface area contributed by atoms with Crippen LogP contribution in [-0.2, 0) is 32.2 Å². The zero-order valence-electron chi connectivity index (χ0n) is 27.1. The van der Waals surface area contributed by atoms with Crippen LogP contribution >= 0.6 is 12.6 Å². The van der Waals surface area contributed by atoms with E-state index in [2.05, 4.69) is 52.7 Å². The van der Waals surface area contributed by atoms with Gasteiger partial charge in [-0.15, -0.1) is 0 Å². The fraction of sp³-hybridized carbons (Fsp3) is 0.333. The molecule has 0 bridgehead atoms. The number of aromatic nitrogens is 4. The van der Waals surface area contributed by atoms with E-state index < -0.39 is 12.2 Å². The first kappa shape index (κ1) is 35.5. The maximum absolute atomic E-state index is 12.6. The summed E-state index contributed by atoms with van der Waals surface area (Å²) in [5.74, 6) is 1.22. The van der Waals surface area contributed by atoms with Crippen molar-refractivity contribution >= 4 is 36.6 Å². The number of carbonyl (C=O) groups excluding carboxylic acids is 4. The Kier molecular flexibility index (Phi) is 13.0. The molecule has 15 heteroatoms. The highest BCUT2D eigenvalue weighted by molar-refractivity contribution is 7.80. The molecular formula is C33H40N8O6S. The van der Waals surface area contributed by atoms with Crippen LogP contribution in [0.2, 0.25) is 0 Å². The number of alkyl carbamates (subject to hydrolysis) is 2. The summed E-state index contributed by atoms with van der Waals surface area (Å²) in [4.78, 5) is 66.6. The van der Waals surface area contributed by atoms with Gasteiger partial charge in [0.2, 0.25) is 11.8 Å². The summed E-state index contributed by atoms with van der Waals surface area (Å²) in [7, 11) is 2.49. The second-order valence-corrected chi connectivity index (χ2v) is 11.1. The molecule has 0 radical (unpaired) electrons. The van der Waals surface area contributed by atoms with Crippen LogP contribution in [0.5, 0.6) is 0 Å². The normalized spacial score (nSPS) is 10.7. The molecule has 14 nitrogen and oxygen atoms in total. The van der Waals surface area contributed by atoms with Crippen LogP contribution in [0.15, 0.2) is 60.9 Å². The Balaban J connectivity index is 1.36. The molecule has 0 fully saturated rings. The number of methoxy groups -OCH3 is 2. The Labute approximate surface area is 284 Å². The number of hydrogen-bond donors (Lipinski definition) is 5. The van der Waals surface area contributed by atoms with Gasteiger partial charge < -0.3 is 39.9 Å². The average molecular weight is 677 g/mol. The van der Waals surface area contributed by atoms with E-state index in [1.165, 1.54) is 14.2 Å². The molecule has 0 aliphatic rings. The van der Waals surface area contributed by atoms with E-state index in [9.17, 15) is 19.2 Å². The van der Waals surface area contributed by atoms with Crippen LogP contribution in [0.3, 0.4) is 0 Å². The van der Waals surface area contributed by atoms with Crippen molar-refractivity contribution in [1.82, 2.24) is 40.4 Å². The van der Waals surface area contributed by atoms with E-state index in [1.54, 1.807) is 22.2 Å². The number of benzene rings is 2. The van der Waals surface area contributed by atoms with Crippen LogP contribution in [0, 0.1) is 0 Å². The van der Waals surface area contributed by atoms with Gasteiger partial charge in [-0.2, -0.15) is 12.6 Å². The summed E-state index contributed by atoms with van der Waals surface area (Å²) in [5, 5.41) is 4.83. The highest BCUT2D eigenvalue weighted by atomic mass is 32.1. The Morgan fingerprint density at radius 1 is 0.688 bits per heavy atom. The van der Waals surface area contributed by atoms with E-state index >= 15 is 0 Å². The molecule has 0 atom stereocenters. The lowest BCUT2D eigenvalue weighted by molar-refractivity contribution is -0.131. The second-order valence-electron chi connectivity index (χ2n) is 10.7. The van der Waals surface area contributed by atoms with Crippen LogP contribution in [0.1, 0.15) is 25.0 Å². The lowest BCUT2D eigenvalue weighted by Gasteiger charge is -2.21. The van der Waals surface area contributed by atoms with Crippen LogP contribution in [-0.4, -0.2) is 99.9 Å². The zero-order valence-corrected chi connectivity index (χ0v) is 28.0. The minimum absolute atomic E-state index is 0.151. The number of aromatic amines is 2. The standard InChI is InChI=1S/C33H40N8O6S/c1-4-13-40(30(42)18-36-32(44)46-2)20-28-34-16-26(38-28)24-9-5-22(6-10-24)23-7-11-25(12-8-23)27-17-35-29(39-27)21-41(14-15-48)31(43)19-37-33(45)47-3/h5-12,16-17,48H,4,13-15,18-21H2,1-3H3,(H,34,38)(H,35,39)(H,36,44)(H,37,45). The van der Waals surface area contributed by atoms with Crippen LogP contribution < -0.4 is 10.6 Å². The van der Waals surface area contributed by atoms with Gasteiger partial charge in [-0.1, -0.05) is 55.5 Å². The van der Waals surface area contributed by atoms with E-state index in [0.717, 1.165) is 40.1 Å². The quantitative estimate of drug-likeness (QED) is 0.118. The molecule has 4 aromatic rings. The smallest absolute Gasteiger partial charge is 0.407 e. The number of ether oxygens (including phenoxy) is 2. The predicted molar refractivity (Wildman–Crippen MR) is 183 cm³/mol. The van der Waals surface area contributed by atoms with Crippen LogP contribution in [0.25, 0.3) is 33.6 Å². The summed E-state index contributed by atoms with van der Waals surface area (Å²) in [5.41, 5.74) is 5.60. The first-order chi connectivity index (χ1) is 23.2. The van der Waals surface area contributed by atoms with Crippen molar-refractivity contribution in [2.45, 2.75) is 26.4 Å². The molecule has 0 aliphatic heterocycles. The number of nitrogens with one attached hydrogen (secondary N) is 4. The van der Waals surface area contributed by atoms with E-state index in [0.29, 0.717) is 37.0 Å². The monoisotopic (exact) mass is 676 g/mol. The Morgan fingerprint density at radius 2 is 1.08 bits per heavy atom. The van der Waals surface area contributed by atoms with Gasteiger partial charge in [0.25, 0.3) is 0 Å². The highest BCUT2D eigenvalue weighted by Gasteiger charge is 2.18. The third-order valence-corrected chi connectivity index (χ3v) is 7.57. The first-order valence-corrected chi connectivity index (χ1v) is 16.0. The molecule has 4 N–H and O–H groups in total. The van der Waals surface area contributed by atoms with Gasteiger partial charge in [0, 0.05) is 18.8 Å². The number of hydrogen-bond acceptors (Lipinski definition) is 9. The van der Waals surface area contributed by atoms with Gasteiger partial charge in [-0.25, -0.2) is 19.6 Å². The number of carbonyl (C=O) groups is 4. The molecule has 2 aromatic heterocycles. The van der Waals surface area contributed by atoms with Crippen molar-refractivity contribution in [1.29, 1.82) is 0 Å². The Bertz CT molecular complexity index is 1550. The van der Waals surface area contributed by atoms with Crippen molar-refractivity contribution in [3.05, 3.63) is 72.6 Å². The van der Waals surface area contributed by atoms with E-state index in [1.807, 2.05) is 55.5 Å². The zero-order chi connectivity index (χ0) is 34.5. The molecule has 0 saturated heterocycles. The van der Waals surface area contributed by atoms with Gasteiger partial charge in [0.1, 0.15) is 24.7 Å². The second kappa shape index (κ2) is 17.6. The first-order valence-electron chi connectivity index (χ1n) is 15.3. The van der Waals surface area contributed by atoms with Gasteiger partial charge in [-0.3, -0.25) is 9.59 Å². The molecule has 2 heterocycles. The van der Waals surface area contributed by atoms with Crippen LogP contribution in [0.4, 0.5) is 9.59 Å². The molecule has 254 valence electrons. The fourth-order valence-corrected chi connectivity index (χ4v) is 5.10. The summed E-state index contributed by atoms with van der Waals surface area (Å²) in [6.07, 6.45) is 2.91. The third kappa shape index (κ3) is 9.84. The van der Waals surface area contributed by atoms with E-state index in [4.69, 9.17) is 0 Å². The average Bonchev–Trinajstić information content (AvgIpc) is 3.79. The molecular weight excluding hydrogens is 636 g/mol. The largest absolute Gasteiger partial charge is 0.453 e. The minimum atomic E-state index is -0.671. The number of thiol groups is 1. The Hall–Kier alpha value is -5.31. The molecule has 0 saturated carbocycles. The molecule has 4 rings (SSSR count). The predicted octanol–water partition coefficient (Wildman–Crippen LogP) is 3.84. The van der Waals surface area contributed by atoms with Crippen molar-refractivity contribution in [3.63, 3.8) is 0 Å². The third-order valence-electron chi connectivity index (χ3n) is 7.37. The lowest BCUT2D eigenvalue weighted by Crippen LogP contribution is -2.40. The Morgan fingerprint density at radius 3 is 1.46 bits per heavy atom. The van der Waals surface area contributed by atoms with E-state index in [-0.39, 0.29) is 31.4 Å². The molecule has 0 unspecified atom stereocenters. The molecule has 2 aromatic carbocycles. The highest BCUT2D eigenvalue weighted by Crippen LogP contribution is 2.27. The van der Waals surface area contributed by atoms with Crippen molar-refractivity contribution in [2.75, 3.05) is 46.2 Å². The number of imidazole rings is 2. The molecule has 0 spiro atoms. The summed E-state index contributed by atoms with van der Waals surface area (Å²) >= 11 is 4.25. The van der Waals surface area contributed by atoms with Crippen molar-refractivity contribution in [2.24, 2.45) is 0 Å². The number of H-pyrrole nitrogens is 2. The number of nitrogens with zero attached hydrogens (tertiary/aromatic N) is 4. The molecule has 4 amide bonds. The lowest BCUT2D eigenvalue weighted by atomic mass is 10.0. The summed E-state index contributed by atoms with van der Waals surface area (Å²) < 4.78 is 9.07. The summed E-state index contributed by atoms with van der Waals surface area (Å²) in [6.45, 7) is 3.10. The fourth-order valence-electron chi connectivity index (χ4n) is 4.86. The number of rotatable bonds is 15. The molecule has 0 aliphatic carbocycles. The van der Waals surface area contributed by atoms with Crippen molar-refractivity contribution in [3.8, 4) is 33.6 Å². The topological polar surface area (TPSA) is 175 Å². The van der Waals surface area contributed by atoms with Gasteiger partial charge in [0.15, 0.2) is 0 Å². The maximum Gasteiger partial charge on any atom is 0.407 e. The molecule has 48 heavy (non-hydrogen) atoms. The maximum atomic E-state index is 12.6.